The molecule has 0 bridgehead atoms. The number of hydrogen-bond donors (Lipinski definition) is 4. The molecule has 7 atom stereocenters. The number of amides is 5. The molecule has 0 radical (unpaired) electrons. The number of Topliss-reactive ketones (excluding diaryl/α,β-unsaturated/α-hetero) is 1. The predicted octanol–water partition coefficient (Wildman–Crippen LogP) is 4.40. The van der Waals surface area contributed by atoms with Crippen LogP contribution in [0.5, 0.6) is 0 Å². The van der Waals surface area contributed by atoms with E-state index in [2.05, 4.69) is 46.7 Å². The number of urea groups is 1. The first-order valence-corrected chi connectivity index (χ1v) is 21.8. The van der Waals surface area contributed by atoms with Crippen molar-refractivity contribution in [3.8, 4) is 0 Å². The summed E-state index contributed by atoms with van der Waals surface area (Å²) >= 11 is -1.52. The Balaban J connectivity index is 1.22. The van der Waals surface area contributed by atoms with Gasteiger partial charge in [0, 0.05) is 37.8 Å². The minimum atomic E-state index is -1.52. The van der Waals surface area contributed by atoms with Crippen molar-refractivity contribution in [2.24, 2.45) is 27.6 Å². The molecule has 2 spiro atoms. The number of likely N-dealkylation sites (N-methyl/N-ethyl adjacent to an activating group) is 1. The number of likely N-dealkylation sites (tertiary alicyclic amines) is 1. The van der Waals surface area contributed by atoms with Crippen LogP contribution in [0.3, 0.4) is 0 Å². The Bertz CT molecular complexity index is 1660. The number of pyridine rings is 1. The van der Waals surface area contributed by atoms with E-state index < -0.39 is 58.5 Å². The third-order valence-electron chi connectivity index (χ3n) is 14.4. The van der Waals surface area contributed by atoms with Crippen LogP contribution in [-0.2, 0) is 30.5 Å². The van der Waals surface area contributed by atoms with Gasteiger partial charge < -0.3 is 30.7 Å². The zero-order valence-electron chi connectivity index (χ0n) is 34.2. The van der Waals surface area contributed by atoms with Gasteiger partial charge in [0.05, 0.1) is 18.1 Å². The van der Waals surface area contributed by atoms with Crippen molar-refractivity contribution < 1.29 is 28.5 Å². The maximum Gasteiger partial charge on any atom is 0.315 e. The topological polar surface area (TPSA) is 176 Å². The Kier molecular flexibility index (Phi) is 12.3. The average Bonchev–Trinajstić information content (AvgIpc) is 3.33. The van der Waals surface area contributed by atoms with Gasteiger partial charge in [0.15, 0.2) is 0 Å². The van der Waals surface area contributed by atoms with Gasteiger partial charge in [-0.3, -0.25) is 19.2 Å². The molecule has 5 amide bonds. The smallest absolute Gasteiger partial charge is 0.315 e. The highest BCUT2D eigenvalue weighted by atomic mass is 32.2. The molecule has 4 N–H and O–H groups in total. The van der Waals surface area contributed by atoms with Crippen LogP contribution in [0.1, 0.15) is 112 Å². The van der Waals surface area contributed by atoms with Crippen LogP contribution in [0.15, 0.2) is 42.1 Å². The molecular weight excluding hydrogens is 731 g/mol. The number of rotatable bonds is 14. The lowest BCUT2D eigenvalue weighted by Gasteiger charge is -2.39. The molecule has 0 aromatic carbocycles. The Morgan fingerprint density at radius 3 is 2.32 bits per heavy atom. The molecule has 4 aliphatic carbocycles. The maximum absolute atomic E-state index is 15.0. The lowest BCUT2D eigenvalue weighted by molar-refractivity contribution is -0.144. The van der Waals surface area contributed by atoms with Gasteiger partial charge in [0.2, 0.25) is 17.6 Å². The number of nitrogens with one attached hydrogen (secondary N) is 4. The summed E-state index contributed by atoms with van der Waals surface area (Å²) in [6.07, 6.45) is 13.3. The quantitative estimate of drug-likeness (QED) is 0.122. The number of hydrogen-bond acceptors (Lipinski definition) is 8. The third kappa shape index (κ3) is 7.74. The first-order chi connectivity index (χ1) is 26.5. The molecule has 1 aromatic rings. The van der Waals surface area contributed by atoms with E-state index in [9.17, 15) is 28.5 Å². The number of carbonyl (C=O) groups is 5. The summed E-state index contributed by atoms with van der Waals surface area (Å²) in [5.74, 6) is -2.01. The first-order valence-electron chi connectivity index (χ1n) is 20.6. The second kappa shape index (κ2) is 16.4. The van der Waals surface area contributed by atoms with Crippen LogP contribution in [-0.4, -0.2) is 98.6 Å². The summed E-state index contributed by atoms with van der Waals surface area (Å²) in [5, 5.41) is 12.1. The molecule has 5 fully saturated rings. The minimum absolute atomic E-state index is 0.0265. The van der Waals surface area contributed by atoms with Crippen LogP contribution in [0.25, 0.3) is 0 Å². The molecule has 1 aliphatic heterocycles. The maximum atomic E-state index is 15.0. The van der Waals surface area contributed by atoms with Crippen LogP contribution in [0, 0.1) is 27.6 Å². The summed E-state index contributed by atoms with van der Waals surface area (Å²) in [7, 11) is 1.79. The summed E-state index contributed by atoms with van der Waals surface area (Å²) in [6, 6.07) is 1.41. The second-order valence-corrected chi connectivity index (χ2v) is 20.1. The van der Waals surface area contributed by atoms with Crippen molar-refractivity contribution in [2.45, 2.75) is 147 Å². The molecule has 1 saturated heterocycles. The predicted molar refractivity (Wildman–Crippen MR) is 214 cm³/mol. The highest BCUT2D eigenvalue weighted by Gasteiger charge is 2.85. The van der Waals surface area contributed by atoms with E-state index in [0.717, 1.165) is 57.8 Å². The molecule has 5 aliphatic rings. The monoisotopic (exact) mass is 793 g/mol. The molecular formula is C42H63N7O6S. The van der Waals surface area contributed by atoms with E-state index in [1.807, 2.05) is 20.8 Å². The second-order valence-electron chi connectivity index (χ2n) is 18.6. The van der Waals surface area contributed by atoms with Crippen LogP contribution in [0.2, 0.25) is 0 Å². The first kappa shape index (κ1) is 42.1. The van der Waals surface area contributed by atoms with Gasteiger partial charge in [-0.2, -0.15) is 0 Å². The fourth-order valence-corrected chi connectivity index (χ4v) is 11.8. The van der Waals surface area contributed by atoms with E-state index >= 15 is 0 Å². The average molecular weight is 794 g/mol. The number of nitrogens with zero attached hydrogens (tertiary/aromatic N) is 3. The Morgan fingerprint density at radius 1 is 1.04 bits per heavy atom. The number of ketones is 1. The fraction of sp³-hybridized carbons (Fsp3) is 0.714. The highest BCUT2D eigenvalue weighted by Crippen LogP contribution is 2.88. The van der Waals surface area contributed by atoms with Crippen LogP contribution < -0.4 is 21.3 Å². The van der Waals surface area contributed by atoms with Gasteiger partial charge in [-0.25, -0.2) is 9.78 Å². The van der Waals surface area contributed by atoms with Gasteiger partial charge in [-0.1, -0.05) is 85.3 Å². The van der Waals surface area contributed by atoms with Gasteiger partial charge in [-0.15, -0.1) is 10.9 Å². The SMILES string of the molecule is C=CCNC(=O)C(=O)C(CC1CCC1)NC(=O)[C@@H]1C[C@@]2(CN1C(=O)[C@@H](NC(=O)N[C@H]1CCCC[C@@H]1N(C)[S+]([O-])c1ccccn1)C(C)(C)C)C(C)(C)C21CCC1. The normalized spacial score (nSPS) is 28.0. The van der Waals surface area contributed by atoms with Crippen molar-refractivity contribution in [2.75, 3.05) is 20.1 Å². The molecule has 13 nitrogen and oxygen atoms in total. The molecule has 14 heteroatoms. The van der Waals surface area contributed by atoms with E-state index in [-0.39, 0.29) is 46.7 Å². The third-order valence-corrected chi connectivity index (χ3v) is 15.8. The molecule has 308 valence electrons. The summed E-state index contributed by atoms with van der Waals surface area (Å²) in [4.78, 5) is 75.7. The van der Waals surface area contributed by atoms with E-state index in [1.165, 1.54) is 6.08 Å². The lowest BCUT2D eigenvalue weighted by Crippen LogP contribution is -2.62. The summed E-state index contributed by atoms with van der Waals surface area (Å²) in [5.41, 5.74) is -1.08. The Labute approximate surface area is 335 Å². The van der Waals surface area contributed by atoms with E-state index in [4.69, 9.17) is 0 Å². The molecule has 4 saturated carbocycles. The lowest BCUT2D eigenvalue weighted by atomic mass is 9.73. The van der Waals surface area contributed by atoms with Crippen molar-refractivity contribution in [1.82, 2.24) is 35.5 Å². The Hall–Kier alpha value is -3.49. The fourth-order valence-electron chi connectivity index (χ4n) is 10.6. The van der Waals surface area contributed by atoms with E-state index in [1.54, 1.807) is 40.6 Å². The molecule has 1 aromatic heterocycles. The molecule has 2 heterocycles. The minimum Gasteiger partial charge on any atom is -0.592 e. The van der Waals surface area contributed by atoms with Gasteiger partial charge in [-0.05, 0) is 66.8 Å². The van der Waals surface area contributed by atoms with Crippen LogP contribution in [0.4, 0.5) is 4.79 Å². The van der Waals surface area contributed by atoms with Crippen molar-refractivity contribution in [1.29, 1.82) is 0 Å². The largest absolute Gasteiger partial charge is 0.592 e. The van der Waals surface area contributed by atoms with E-state index in [0.29, 0.717) is 30.8 Å². The zero-order chi connectivity index (χ0) is 40.6. The highest BCUT2D eigenvalue weighted by molar-refractivity contribution is 7.89. The van der Waals surface area contributed by atoms with Gasteiger partial charge in [0.25, 0.3) is 10.9 Å². The van der Waals surface area contributed by atoms with Crippen molar-refractivity contribution >= 4 is 40.9 Å². The zero-order valence-corrected chi connectivity index (χ0v) is 35.0. The molecule has 56 heavy (non-hydrogen) atoms. The Morgan fingerprint density at radius 2 is 1.75 bits per heavy atom. The number of carbonyl (C=O) groups excluding carboxylic acids is 5. The van der Waals surface area contributed by atoms with Crippen molar-refractivity contribution in [3.63, 3.8) is 0 Å². The number of fused-ring (bicyclic) bond motifs is 1. The summed E-state index contributed by atoms with van der Waals surface area (Å²) in [6.45, 7) is 14.3. The molecule has 6 rings (SSSR count). The number of aromatic nitrogens is 1. The standard InChI is InChI=1S/C42H63N7O6S/c1-8-22-44-36(52)33(50)29(24-27-15-13-16-27)45-35(51)31-25-42(40(5,6)41(42)20-14-21-41)26-49(31)37(53)34(39(2,3)4)47-38(54)46-28-17-9-10-18-30(28)48(7)56(55)32-19-11-12-23-43-32/h8,11-12,19,23,27-31,34H,1,9-10,13-18,20-22,24-26H2,2-7H3,(H,44,52)(H,45,51)(H2,46,47,54)/t28-,29?,30-,31-,34+,42+,56?/m0/s1. The van der Waals surface area contributed by atoms with Gasteiger partial charge in [0.1, 0.15) is 23.4 Å². The van der Waals surface area contributed by atoms with Gasteiger partial charge >= 0.3 is 6.03 Å². The molecule has 2 unspecified atom stereocenters. The van der Waals surface area contributed by atoms with Crippen molar-refractivity contribution in [3.05, 3.63) is 37.1 Å². The summed E-state index contributed by atoms with van der Waals surface area (Å²) < 4.78 is 15.2. The van der Waals surface area contributed by atoms with Crippen LogP contribution >= 0.6 is 0 Å².